The molecule has 0 atom stereocenters. The second-order valence-corrected chi connectivity index (χ2v) is 5.84. The van der Waals surface area contributed by atoms with Crippen molar-refractivity contribution >= 4 is 11.9 Å². The van der Waals surface area contributed by atoms with Gasteiger partial charge in [-0.25, -0.2) is 4.79 Å². The van der Waals surface area contributed by atoms with Gasteiger partial charge in [0.25, 0.3) is 0 Å². The van der Waals surface area contributed by atoms with Gasteiger partial charge in [0, 0.05) is 6.42 Å². The van der Waals surface area contributed by atoms with E-state index in [1.165, 1.54) is 5.56 Å². The lowest BCUT2D eigenvalue weighted by Crippen LogP contribution is -2.10. The van der Waals surface area contributed by atoms with Crippen molar-refractivity contribution in [3.63, 3.8) is 0 Å². The van der Waals surface area contributed by atoms with E-state index in [0.717, 1.165) is 25.7 Å². The molecule has 0 spiro atoms. The number of aryl methyl sites for hydroxylation is 1. The molecule has 0 radical (unpaired) electrons. The Morgan fingerprint density at radius 2 is 1.40 bits per heavy atom. The van der Waals surface area contributed by atoms with Gasteiger partial charge >= 0.3 is 11.9 Å². The van der Waals surface area contributed by atoms with Crippen LogP contribution in [0.1, 0.15) is 55.5 Å². The van der Waals surface area contributed by atoms with Gasteiger partial charge in [-0.15, -0.1) is 0 Å². The molecular formula is C21H24O4. The molecule has 0 fully saturated rings. The number of hydrogen-bond acceptors (Lipinski definition) is 4. The van der Waals surface area contributed by atoms with Crippen molar-refractivity contribution in [1.29, 1.82) is 0 Å². The van der Waals surface area contributed by atoms with Crippen molar-refractivity contribution in [2.24, 2.45) is 0 Å². The topological polar surface area (TPSA) is 52.6 Å². The maximum atomic E-state index is 12.1. The molecule has 4 heteroatoms. The van der Waals surface area contributed by atoms with Crippen LogP contribution in [-0.4, -0.2) is 11.9 Å². The fraction of sp³-hybridized carbons (Fsp3) is 0.333. The molecule has 0 bridgehead atoms. The second kappa shape index (κ2) is 9.62. The normalized spacial score (nSPS) is 10.3. The minimum absolute atomic E-state index is 0.250. The smallest absolute Gasteiger partial charge is 0.343 e. The minimum Gasteiger partial charge on any atom is -0.427 e. The molecule has 0 aromatic heterocycles. The van der Waals surface area contributed by atoms with E-state index in [1.54, 1.807) is 36.4 Å². The van der Waals surface area contributed by atoms with Gasteiger partial charge in [0.2, 0.25) is 0 Å². The maximum absolute atomic E-state index is 12.1. The third kappa shape index (κ3) is 6.07. The molecule has 0 saturated heterocycles. The summed E-state index contributed by atoms with van der Waals surface area (Å²) < 4.78 is 10.6. The van der Waals surface area contributed by atoms with E-state index in [-0.39, 0.29) is 5.97 Å². The van der Waals surface area contributed by atoms with E-state index in [0.29, 0.717) is 23.5 Å². The van der Waals surface area contributed by atoms with E-state index in [2.05, 4.69) is 13.8 Å². The Labute approximate surface area is 148 Å². The minimum atomic E-state index is -0.440. The fourth-order valence-electron chi connectivity index (χ4n) is 2.32. The number of benzene rings is 2. The molecule has 0 unspecified atom stereocenters. The van der Waals surface area contributed by atoms with Crippen LogP contribution in [0.15, 0.2) is 48.5 Å². The molecule has 0 saturated carbocycles. The lowest BCUT2D eigenvalue weighted by molar-refractivity contribution is -0.134. The van der Waals surface area contributed by atoms with Crippen LogP contribution in [0.3, 0.4) is 0 Å². The van der Waals surface area contributed by atoms with Gasteiger partial charge in [-0.2, -0.15) is 0 Å². The third-order valence-corrected chi connectivity index (χ3v) is 3.85. The predicted molar refractivity (Wildman–Crippen MR) is 97.0 cm³/mol. The summed E-state index contributed by atoms with van der Waals surface area (Å²) >= 11 is 0. The molecule has 0 heterocycles. The number of esters is 2. The highest BCUT2D eigenvalue weighted by Gasteiger charge is 2.10. The van der Waals surface area contributed by atoms with Crippen molar-refractivity contribution in [3.05, 3.63) is 59.7 Å². The first-order valence-corrected chi connectivity index (χ1v) is 8.74. The second-order valence-electron chi connectivity index (χ2n) is 5.84. The van der Waals surface area contributed by atoms with Crippen LogP contribution >= 0.6 is 0 Å². The summed E-state index contributed by atoms with van der Waals surface area (Å²) in [6, 6.07) is 13.8. The predicted octanol–water partition coefficient (Wildman–Crippen LogP) is 4.95. The zero-order valence-electron chi connectivity index (χ0n) is 14.8. The number of carbonyl (C=O) groups is 2. The zero-order chi connectivity index (χ0) is 18.1. The monoisotopic (exact) mass is 340 g/mol. The van der Waals surface area contributed by atoms with Crippen molar-refractivity contribution in [3.8, 4) is 11.5 Å². The van der Waals surface area contributed by atoms with Crippen LogP contribution in [0.25, 0.3) is 0 Å². The van der Waals surface area contributed by atoms with Crippen LogP contribution in [0.2, 0.25) is 0 Å². The molecule has 0 aliphatic carbocycles. The summed E-state index contributed by atoms with van der Waals surface area (Å²) in [5.41, 5.74) is 1.59. The van der Waals surface area contributed by atoms with Crippen LogP contribution in [-0.2, 0) is 11.2 Å². The number of rotatable bonds is 8. The Kier molecular flexibility index (Phi) is 7.20. The Morgan fingerprint density at radius 3 is 2.00 bits per heavy atom. The lowest BCUT2D eigenvalue weighted by atomic mass is 10.2. The molecule has 2 rings (SSSR count). The van der Waals surface area contributed by atoms with E-state index in [4.69, 9.17) is 9.47 Å². The summed E-state index contributed by atoms with van der Waals surface area (Å²) in [6.45, 7) is 4.15. The van der Waals surface area contributed by atoms with Crippen LogP contribution in [0, 0.1) is 0 Å². The molecule has 0 N–H and O–H groups in total. The van der Waals surface area contributed by atoms with Crippen LogP contribution < -0.4 is 9.47 Å². The first-order chi connectivity index (χ1) is 12.1. The summed E-state index contributed by atoms with van der Waals surface area (Å²) in [7, 11) is 0. The van der Waals surface area contributed by atoms with Crippen molar-refractivity contribution in [1.82, 2.24) is 0 Å². The summed E-state index contributed by atoms with van der Waals surface area (Å²) in [6.07, 6.45) is 4.25. The van der Waals surface area contributed by atoms with Gasteiger partial charge < -0.3 is 9.47 Å². The van der Waals surface area contributed by atoms with E-state index >= 15 is 0 Å². The zero-order valence-corrected chi connectivity index (χ0v) is 14.8. The molecule has 0 aliphatic heterocycles. The highest BCUT2D eigenvalue weighted by atomic mass is 16.5. The molecule has 0 aliphatic rings. The average molecular weight is 340 g/mol. The molecule has 4 nitrogen and oxygen atoms in total. The largest absolute Gasteiger partial charge is 0.427 e. The maximum Gasteiger partial charge on any atom is 0.343 e. The van der Waals surface area contributed by atoms with Crippen molar-refractivity contribution in [2.75, 3.05) is 0 Å². The Morgan fingerprint density at radius 1 is 0.800 bits per heavy atom. The molecule has 0 amide bonds. The highest BCUT2D eigenvalue weighted by molar-refractivity contribution is 5.91. The third-order valence-electron chi connectivity index (χ3n) is 3.85. The average Bonchev–Trinajstić information content (AvgIpc) is 2.63. The number of unbranched alkanes of at least 4 members (excludes halogenated alkanes) is 2. The number of hydrogen-bond donors (Lipinski definition) is 0. The SMILES string of the molecule is CCCCCC(=O)Oc1ccc(C(=O)Oc2ccc(CC)cc2)cc1. The fourth-order valence-corrected chi connectivity index (χ4v) is 2.32. The van der Waals surface area contributed by atoms with Gasteiger partial charge in [-0.3, -0.25) is 4.79 Å². The first-order valence-electron chi connectivity index (χ1n) is 8.74. The van der Waals surface area contributed by atoms with Crippen LogP contribution in [0.5, 0.6) is 11.5 Å². The Balaban J connectivity index is 1.89. The quantitative estimate of drug-likeness (QED) is 0.387. The number of carbonyl (C=O) groups excluding carboxylic acids is 2. The van der Waals surface area contributed by atoms with Crippen molar-refractivity contribution in [2.45, 2.75) is 46.0 Å². The highest BCUT2D eigenvalue weighted by Crippen LogP contribution is 2.17. The van der Waals surface area contributed by atoms with Crippen LogP contribution in [0.4, 0.5) is 0 Å². The van der Waals surface area contributed by atoms with E-state index < -0.39 is 5.97 Å². The van der Waals surface area contributed by atoms with Crippen molar-refractivity contribution < 1.29 is 19.1 Å². The van der Waals surface area contributed by atoms with Gasteiger partial charge in [0.15, 0.2) is 0 Å². The molecule has 132 valence electrons. The first kappa shape index (κ1) is 18.7. The Hall–Kier alpha value is -2.62. The van der Waals surface area contributed by atoms with E-state index in [9.17, 15) is 9.59 Å². The molecular weight excluding hydrogens is 316 g/mol. The number of ether oxygens (including phenoxy) is 2. The standard InChI is InChI=1S/C21H24O4/c1-3-5-6-7-20(22)24-18-14-10-17(11-15-18)21(23)25-19-12-8-16(4-2)9-13-19/h8-15H,3-7H2,1-2H3. The van der Waals surface area contributed by atoms with Gasteiger partial charge in [-0.1, -0.05) is 38.8 Å². The summed E-state index contributed by atoms with van der Waals surface area (Å²) in [5, 5.41) is 0. The van der Waals surface area contributed by atoms with Gasteiger partial charge in [0.1, 0.15) is 11.5 Å². The molecule has 25 heavy (non-hydrogen) atoms. The summed E-state index contributed by atoms with van der Waals surface area (Å²) in [5.74, 6) is 0.254. The summed E-state index contributed by atoms with van der Waals surface area (Å²) in [4.78, 5) is 23.8. The van der Waals surface area contributed by atoms with E-state index in [1.807, 2.05) is 12.1 Å². The Bertz CT molecular complexity index is 687. The molecule has 2 aromatic rings. The molecule has 2 aromatic carbocycles. The van der Waals surface area contributed by atoms with Gasteiger partial charge in [-0.05, 0) is 54.8 Å². The van der Waals surface area contributed by atoms with Gasteiger partial charge in [0.05, 0.1) is 5.56 Å². The lowest BCUT2D eigenvalue weighted by Gasteiger charge is -2.07.